The Hall–Kier alpha value is -2.25. The number of hydrogen-bond acceptors (Lipinski definition) is 5. The summed E-state index contributed by atoms with van der Waals surface area (Å²) >= 11 is 1.56. The fourth-order valence-electron chi connectivity index (χ4n) is 2.02. The fraction of sp³-hybridized carbons (Fsp3) is 0.312. The maximum atomic E-state index is 12.1. The normalized spacial score (nSPS) is 10.6. The van der Waals surface area contributed by atoms with Crippen LogP contribution < -0.4 is 10.6 Å². The van der Waals surface area contributed by atoms with E-state index < -0.39 is 0 Å². The van der Waals surface area contributed by atoms with Crippen molar-refractivity contribution in [3.8, 4) is 0 Å². The zero-order valence-corrected chi connectivity index (χ0v) is 14.2. The van der Waals surface area contributed by atoms with Crippen molar-refractivity contribution < 1.29 is 9.59 Å². The van der Waals surface area contributed by atoms with Gasteiger partial charge >= 0.3 is 0 Å². The lowest BCUT2D eigenvalue weighted by atomic mass is 10.2. The van der Waals surface area contributed by atoms with Gasteiger partial charge in [0.05, 0.1) is 12.1 Å². The van der Waals surface area contributed by atoms with Crippen LogP contribution in [-0.4, -0.2) is 35.8 Å². The Morgan fingerprint density at radius 1 is 1.22 bits per heavy atom. The maximum absolute atomic E-state index is 12.1. The number of thiazole rings is 1. The molecule has 2 rings (SSSR count). The summed E-state index contributed by atoms with van der Waals surface area (Å²) in [5, 5.41) is 8.40. The second-order valence-corrected chi connectivity index (χ2v) is 6.40. The first-order chi connectivity index (χ1) is 10.9. The van der Waals surface area contributed by atoms with Gasteiger partial charge in [-0.15, -0.1) is 11.3 Å². The number of benzene rings is 1. The summed E-state index contributed by atoms with van der Waals surface area (Å²) < 4.78 is 0. The second kappa shape index (κ2) is 7.85. The van der Waals surface area contributed by atoms with Gasteiger partial charge in [0.15, 0.2) is 0 Å². The summed E-state index contributed by atoms with van der Waals surface area (Å²) in [5.74, 6) is -0.281. The van der Waals surface area contributed by atoms with E-state index in [2.05, 4.69) is 15.6 Å². The molecular weight excluding hydrogens is 312 g/mol. The average Bonchev–Trinajstić information content (AvgIpc) is 2.84. The summed E-state index contributed by atoms with van der Waals surface area (Å²) in [4.78, 5) is 29.6. The molecule has 0 radical (unpaired) electrons. The minimum atomic E-state index is -0.149. The Morgan fingerprint density at radius 2 is 1.91 bits per heavy atom. The van der Waals surface area contributed by atoms with Gasteiger partial charge in [0.1, 0.15) is 5.01 Å². The van der Waals surface area contributed by atoms with Gasteiger partial charge in [-0.25, -0.2) is 4.98 Å². The van der Waals surface area contributed by atoms with Crippen LogP contribution in [0.4, 0.5) is 11.4 Å². The highest BCUT2D eigenvalue weighted by molar-refractivity contribution is 7.09. The molecule has 0 aliphatic rings. The van der Waals surface area contributed by atoms with Gasteiger partial charge in [-0.1, -0.05) is 6.07 Å². The van der Waals surface area contributed by atoms with E-state index in [4.69, 9.17) is 0 Å². The third kappa shape index (κ3) is 5.80. The minimum Gasteiger partial charge on any atom is -0.326 e. The second-order valence-electron chi connectivity index (χ2n) is 5.46. The van der Waals surface area contributed by atoms with Crippen molar-refractivity contribution in [1.29, 1.82) is 0 Å². The van der Waals surface area contributed by atoms with Gasteiger partial charge in [-0.3, -0.25) is 9.59 Å². The Morgan fingerprint density at radius 3 is 2.57 bits per heavy atom. The number of hydrogen-bond donors (Lipinski definition) is 2. The molecule has 0 bridgehead atoms. The molecular formula is C16H20N4O2S. The molecule has 0 spiro atoms. The van der Waals surface area contributed by atoms with E-state index in [1.165, 1.54) is 6.92 Å². The van der Waals surface area contributed by atoms with Gasteiger partial charge in [-0.05, 0) is 32.3 Å². The largest absolute Gasteiger partial charge is 0.326 e. The SMILES string of the molecule is CC(=O)Nc1cccc(NC(=O)Cc2csc(CN(C)C)n2)c1. The Balaban J connectivity index is 1.94. The summed E-state index contributed by atoms with van der Waals surface area (Å²) in [7, 11) is 3.96. The molecule has 0 unspecified atom stereocenters. The highest BCUT2D eigenvalue weighted by atomic mass is 32.1. The molecule has 6 nitrogen and oxygen atoms in total. The van der Waals surface area contributed by atoms with Crippen molar-refractivity contribution in [1.82, 2.24) is 9.88 Å². The summed E-state index contributed by atoms with van der Waals surface area (Å²) in [6.45, 7) is 2.21. The number of anilines is 2. The van der Waals surface area contributed by atoms with Gasteiger partial charge < -0.3 is 15.5 Å². The maximum Gasteiger partial charge on any atom is 0.230 e. The molecule has 7 heteroatoms. The zero-order valence-electron chi connectivity index (χ0n) is 13.4. The number of carbonyl (C=O) groups excluding carboxylic acids is 2. The Bertz CT molecular complexity index is 697. The number of amides is 2. The van der Waals surface area contributed by atoms with E-state index in [-0.39, 0.29) is 18.2 Å². The number of carbonyl (C=O) groups is 2. The molecule has 23 heavy (non-hydrogen) atoms. The summed E-state index contributed by atoms with van der Waals surface area (Å²) in [5.41, 5.74) is 2.06. The zero-order chi connectivity index (χ0) is 16.8. The van der Waals surface area contributed by atoms with Crippen LogP contribution in [0.1, 0.15) is 17.6 Å². The predicted octanol–water partition coefficient (Wildman–Crippen LogP) is 2.34. The molecule has 1 aromatic carbocycles. The third-order valence-electron chi connectivity index (χ3n) is 2.86. The summed E-state index contributed by atoms with van der Waals surface area (Å²) in [6.07, 6.45) is 0.230. The fourth-order valence-corrected chi connectivity index (χ4v) is 2.93. The quantitative estimate of drug-likeness (QED) is 0.851. The third-order valence-corrected chi connectivity index (χ3v) is 3.74. The van der Waals surface area contributed by atoms with E-state index in [0.29, 0.717) is 11.4 Å². The lowest BCUT2D eigenvalue weighted by Crippen LogP contribution is -2.15. The van der Waals surface area contributed by atoms with Crippen LogP contribution in [0.3, 0.4) is 0 Å². The molecule has 2 N–H and O–H groups in total. The molecule has 0 aliphatic carbocycles. The lowest BCUT2D eigenvalue weighted by Gasteiger charge is -2.07. The average molecular weight is 332 g/mol. The molecule has 2 aromatic rings. The van der Waals surface area contributed by atoms with Crippen LogP contribution in [0.25, 0.3) is 0 Å². The highest BCUT2D eigenvalue weighted by Gasteiger charge is 2.09. The van der Waals surface area contributed by atoms with E-state index >= 15 is 0 Å². The van der Waals surface area contributed by atoms with Crippen molar-refractivity contribution in [3.05, 3.63) is 40.3 Å². The molecule has 2 amide bonds. The Kier molecular flexibility index (Phi) is 5.84. The number of aromatic nitrogens is 1. The van der Waals surface area contributed by atoms with Gasteiger partial charge in [0, 0.05) is 30.2 Å². The van der Waals surface area contributed by atoms with Crippen LogP contribution in [0, 0.1) is 0 Å². The Labute approximate surface area is 139 Å². The van der Waals surface area contributed by atoms with Crippen LogP contribution in [-0.2, 0) is 22.6 Å². The first kappa shape index (κ1) is 17.1. The van der Waals surface area contributed by atoms with Crippen molar-refractivity contribution in [3.63, 3.8) is 0 Å². The number of rotatable bonds is 6. The van der Waals surface area contributed by atoms with E-state index in [1.807, 2.05) is 24.4 Å². The van der Waals surface area contributed by atoms with E-state index in [1.54, 1.807) is 35.6 Å². The van der Waals surface area contributed by atoms with Crippen molar-refractivity contribution in [2.75, 3.05) is 24.7 Å². The molecule has 0 atom stereocenters. The molecule has 0 saturated heterocycles. The first-order valence-corrected chi connectivity index (χ1v) is 8.06. The first-order valence-electron chi connectivity index (χ1n) is 7.18. The van der Waals surface area contributed by atoms with Gasteiger partial charge in [0.25, 0.3) is 0 Å². The molecule has 1 aromatic heterocycles. The van der Waals surface area contributed by atoms with Crippen LogP contribution in [0.2, 0.25) is 0 Å². The smallest absolute Gasteiger partial charge is 0.230 e. The predicted molar refractivity (Wildman–Crippen MR) is 92.6 cm³/mol. The molecule has 0 aliphatic heterocycles. The van der Waals surface area contributed by atoms with Crippen LogP contribution in [0.15, 0.2) is 29.6 Å². The monoisotopic (exact) mass is 332 g/mol. The minimum absolute atomic E-state index is 0.133. The summed E-state index contributed by atoms with van der Waals surface area (Å²) in [6, 6.07) is 7.05. The molecule has 1 heterocycles. The topological polar surface area (TPSA) is 74.3 Å². The van der Waals surface area contributed by atoms with Crippen molar-refractivity contribution in [2.45, 2.75) is 19.9 Å². The molecule has 122 valence electrons. The van der Waals surface area contributed by atoms with E-state index in [9.17, 15) is 9.59 Å². The van der Waals surface area contributed by atoms with Gasteiger partial charge in [-0.2, -0.15) is 0 Å². The van der Waals surface area contributed by atoms with Crippen molar-refractivity contribution in [2.24, 2.45) is 0 Å². The number of nitrogens with zero attached hydrogens (tertiary/aromatic N) is 2. The van der Waals surface area contributed by atoms with Crippen LogP contribution >= 0.6 is 11.3 Å². The van der Waals surface area contributed by atoms with E-state index in [0.717, 1.165) is 17.2 Å². The number of nitrogens with one attached hydrogen (secondary N) is 2. The highest BCUT2D eigenvalue weighted by Crippen LogP contribution is 2.16. The molecule has 0 fully saturated rings. The van der Waals surface area contributed by atoms with Gasteiger partial charge in [0.2, 0.25) is 11.8 Å². The lowest BCUT2D eigenvalue weighted by molar-refractivity contribution is -0.116. The van der Waals surface area contributed by atoms with Crippen molar-refractivity contribution >= 4 is 34.5 Å². The van der Waals surface area contributed by atoms with Crippen LogP contribution in [0.5, 0.6) is 0 Å². The molecule has 0 saturated carbocycles. The standard InChI is InChI=1S/C16H20N4O2S/c1-11(21)17-12-5-4-6-13(7-12)18-15(22)8-14-10-23-16(19-14)9-20(2)3/h4-7,10H,8-9H2,1-3H3,(H,17,21)(H,18,22).